The highest BCUT2D eigenvalue weighted by atomic mass is 16.6. The Hall–Kier alpha value is -1.29. The van der Waals surface area contributed by atoms with Gasteiger partial charge in [-0.15, -0.1) is 0 Å². The summed E-state index contributed by atoms with van der Waals surface area (Å²) in [4.78, 5) is 13.0. The van der Waals surface area contributed by atoms with E-state index in [1.807, 2.05) is 6.92 Å². The van der Waals surface area contributed by atoms with E-state index in [0.717, 1.165) is 50.0 Å². The van der Waals surface area contributed by atoms with Gasteiger partial charge in [0.05, 0.1) is 17.8 Å². The van der Waals surface area contributed by atoms with E-state index < -0.39 is 0 Å². The van der Waals surface area contributed by atoms with Gasteiger partial charge in [0.1, 0.15) is 17.5 Å². The van der Waals surface area contributed by atoms with Crippen LogP contribution >= 0.6 is 0 Å². The molecule has 2 saturated heterocycles. The number of rotatable bonds is 0. The lowest BCUT2D eigenvalue weighted by Gasteiger charge is -2.67. The maximum Gasteiger partial charge on any atom is 0.338 e. The van der Waals surface area contributed by atoms with Crippen LogP contribution in [0, 0.1) is 29.1 Å². The minimum atomic E-state index is -0.385. The zero-order valence-corrected chi connectivity index (χ0v) is 17.5. The molecule has 0 amide bonds. The number of esters is 1. The molecule has 0 radical (unpaired) electrons. The Morgan fingerprint density at radius 3 is 2.64 bits per heavy atom. The summed E-state index contributed by atoms with van der Waals surface area (Å²) in [7, 11) is 0. The maximum absolute atomic E-state index is 13.0. The molecule has 152 valence electrons. The van der Waals surface area contributed by atoms with E-state index in [9.17, 15) is 4.79 Å². The average molecular weight is 385 g/mol. The van der Waals surface area contributed by atoms with E-state index in [1.54, 1.807) is 0 Å². The summed E-state index contributed by atoms with van der Waals surface area (Å²) in [5, 5.41) is 0. The van der Waals surface area contributed by atoms with Gasteiger partial charge >= 0.3 is 5.97 Å². The first kappa shape index (κ1) is 17.6. The minimum Gasteiger partial charge on any atom is -0.493 e. The average Bonchev–Trinajstić information content (AvgIpc) is 3.22. The predicted molar refractivity (Wildman–Crippen MR) is 104 cm³/mol. The Morgan fingerprint density at radius 1 is 1.11 bits per heavy atom. The van der Waals surface area contributed by atoms with Crippen LogP contribution in [0.15, 0.2) is 23.0 Å². The van der Waals surface area contributed by atoms with Crippen LogP contribution in [-0.2, 0) is 19.0 Å². The first-order chi connectivity index (χ1) is 13.3. The quantitative estimate of drug-likeness (QED) is 0.349. The summed E-state index contributed by atoms with van der Waals surface area (Å²) in [6.45, 7) is 9.38. The lowest BCUT2D eigenvalue weighted by molar-refractivity contribution is -0.252. The van der Waals surface area contributed by atoms with Gasteiger partial charge in [-0.1, -0.05) is 11.6 Å². The van der Waals surface area contributed by atoms with Crippen molar-refractivity contribution in [2.45, 2.75) is 83.5 Å². The third kappa shape index (κ3) is 1.94. The lowest BCUT2D eigenvalue weighted by atomic mass is 9.41. The standard InChI is InChI=1S/C24H32O4/c1-13-6-5-10-23(12-26-23)19-16(8-7-13)24-11-9-15-18(24)17(14(2)27-20(19)24)21(25)28-22(15,3)4/h6,15-16,18-20H,5,7-12H2,1-4H3/b13-6+/t15?,16?,18-,19-,20+,23?,24?/m1/s1. The number of hydrogen-bond acceptors (Lipinski definition) is 4. The van der Waals surface area contributed by atoms with Crippen molar-refractivity contribution >= 4 is 5.97 Å². The van der Waals surface area contributed by atoms with E-state index in [0.29, 0.717) is 23.7 Å². The van der Waals surface area contributed by atoms with Gasteiger partial charge < -0.3 is 14.2 Å². The third-order valence-corrected chi connectivity index (χ3v) is 9.34. The summed E-state index contributed by atoms with van der Waals surface area (Å²) in [6, 6.07) is 0. The van der Waals surface area contributed by atoms with Crippen LogP contribution in [0.1, 0.15) is 66.2 Å². The molecule has 0 aromatic heterocycles. The fourth-order valence-electron chi connectivity index (χ4n) is 8.06. The van der Waals surface area contributed by atoms with Crippen molar-refractivity contribution in [3.8, 4) is 0 Å². The summed E-state index contributed by atoms with van der Waals surface area (Å²) < 4.78 is 18.7. The molecule has 4 fully saturated rings. The number of ether oxygens (including phenoxy) is 3. The second-order valence-electron chi connectivity index (χ2n) is 10.9. The van der Waals surface area contributed by atoms with Crippen molar-refractivity contribution < 1.29 is 19.0 Å². The van der Waals surface area contributed by atoms with E-state index in [2.05, 4.69) is 26.8 Å². The molecule has 4 unspecified atom stereocenters. The number of epoxide rings is 1. The largest absolute Gasteiger partial charge is 0.493 e. The monoisotopic (exact) mass is 384 g/mol. The van der Waals surface area contributed by atoms with Gasteiger partial charge in [-0.2, -0.15) is 0 Å². The Labute approximate surface area is 167 Å². The molecule has 7 atom stereocenters. The van der Waals surface area contributed by atoms with E-state index in [4.69, 9.17) is 14.2 Å². The second-order valence-corrected chi connectivity index (χ2v) is 10.9. The summed E-state index contributed by atoms with van der Waals surface area (Å²) in [6.07, 6.45) is 9.50. The van der Waals surface area contributed by atoms with Gasteiger partial charge in [0, 0.05) is 23.2 Å². The highest BCUT2D eigenvalue weighted by Gasteiger charge is 2.79. The van der Waals surface area contributed by atoms with Crippen LogP contribution in [-0.4, -0.2) is 29.9 Å². The second kappa shape index (κ2) is 5.24. The molecular formula is C24H32O4. The first-order valence-corrected chi connectivity index (χ1v) is 11.2. The molecule has 3 aliphatic carbocycles. The summed E-state index contributed by atoms with van der Waals surface area (Å²) in [5.41, 5.74) is 2.10. The lowest BCUT2D eigenvalue weighted by Crippen LogP contribution is -2.71. The number of allylic oxidation sites excluding steroid dienone is 3. The molecule has 0 aromatic rings. The zero-order valence-electron chi connectivity index (χ0n) is 17.5. The SMILES string of the molecule is CC1=C2C(=O)OC(C)(C)C3CCC4(C5CC/C(C)=C/CCC6(CO6)[C@H]5[C@@H]4O1)[C@@H]23. The molecule has 3 aliphatic heterocycles. The van der Waals surface area contributed by atoms with Gasteiger partial charge in [0.15, 0.2) is 0 Å². The van der Waals surface area contributed by atoms with Crippen LogP contribution in [0.3, 0.4) is 0 Å². The van der Waals surface area contributed by atoms with E-state index in [1.165, 1.54) is 12.0 Å². The van der Waals surface area contributed by atoms with Gasteiger partial charge in [0.2, 0.25) is 0 Å². The molecule has 0 aromatic carbocycles. The predicted octanol–water partition coefficient (Wildman–Crippen LogP) is 4.54. The number of carbonyl (C=O) groups excluding carboxylic acids is 1. The van der Waals surface area contributed by atoms with Gasteiger partial charge in [0.25, 0.3) is 0 Å². The Morgan fingerprint density at radius 2 is 1.89 bits per heavy atom. The molecule has 2 saturated carbocycles. The smallest absolute Gasteiger partial charge is 0.338 e. The van der Waals surface area contributed by atoms with Crippen molar-refractivity contribution in [3.63, 3.8) is 0 Å². The highest BCUT2D eigenvalue weighted by Crippen LogP contribution is 2.76. The molecule has 2 spiro atoms. The fourth-order valence-corrected chi connectivity index (χ4v) is 8.06. The van der Waals surface area contributed by atoms with Crippen LogP contribution < -0.4 is 0 Å². The third-order valence-electron chi connectivity index (χ3n) is 9.34. The normalized spacial score (nSPS) is 52.5. The van der Waals surface area contributed by atoms with Crippen LogP contribution in [0.25, 0.3) is 0 Å². The first-order valence-electron chi connectivity index (χ1n) is 11.2. The zero-order chi connectivity index (χ0) is 19.5. The molecule has 4 nitrogen and oxygen atoms in total. The van der Waals surface area contributed by atoms with Crippen molar-refractivity contribution in [2.75, 3.05) is 6.61 Å². The Balaban J connectivity index is 1.48. The molecule has 6 aliphatic rings. The Kier molecular flexibility index (Phi) is 3.29. The van der Waals surface area contributed by atoms with Crippen LogP contribution in [0.4, 0.5) is 0 Å². The van der Waals surface area contributed by atoms with Crippen LogP contribution in [0.2, 0.25) is 0 Å². The summed E-state index contributed by atoms with van der Waals surface area (Å²) >= 11 is 0. The number of cyclic esters (lactones) is 1. The van der Waals surface area contributed by atoms with Crippen molar-refractivity contribution in [1.29, 1.82) is 0 Å². The van der Waals surface area contributed by atoms with Gasteiger partial charge in [-0.3, -0.25) is 0 Å². The number of carbonyl (C=O) groups is 1. The van der Waals surface area contributed by atoms with Crippen molar-refractivity contribution in [2.24, 2.45) is 29.1 Å². The molecule has 28 heavy (non-hydrogen) atoms. The Bertz CT molecular complexity index is 816. The molecule has 4 heteroatoms. The minimum absolute atomic E-state index is 0.0161. The van der Waals surface area contributed by atoms with Crippen molar-refractivity contribution in [3.05, 3.63) is 23.0 Å². The molecule has 6 rings (SSSR count). The topological polar surface area (TPSA) is 48.1 Å². The molecule has 0 bridgehead atoms. The van der Waals surface area contributed by atoms with Gasteiger partial charge in [-0.25, -0.2) is 4.79 Å². The van der Waals surface area contributed by atoms with Crippen molar-refractivity contribution in [1.82, 2.24) is 0 Å². The number of fused-ring (bicyclic) bond motifs is 3. The van der Waals surface area contributed by atoms with E-state index in [-0.39, 0.29) is 28.7 Å². The number of hydrogen-bond donors (Lipinski definition) is 0. The fraction of sp³-hybridized carbons (Fsp3) is 0.792. The van der Waals surface area contributed by atoms with E-state index >= 15 is 0 Å². The molecular weight excluding hydrogens is 352 g/mol. The summed E-state index contributed by atoms with van der Waals surface area (Å²) in [5.74, 6) is 2.45. The van der Waals surface area contributed by atoms with Gasteiger partial charge in [-0.05, 0) is 72.1 Å². The maximum atomic E-state index is 13.0. The van der Waals surface area contributed by atoms with Crippen LogP contribution in [0.5, 0.6) is 0 Å². The highest BCUT2D eigenvalue weighted by molar-refractivity contribution is 5.91. The molecule has 0 N–H and O–H groups in total. The molecule has 3 heterocycles.